The molecule has 0 spiro atoms. The van der Waals surface area contributed by atoms with Crippen LogP contribution in [-0.2, 0) is 14.8 Å². The molecule has 0 radical (unpaired) electrons. The van der Waals surface area contributed by atoms with Crippen LogP contribution in [0, 0.1) is 0 Å². The van der Waals surface area contributed by atoms with Crippen LogP contribution in [0.4, 0.5) is 0 Å². The van der Waals surface area contributed by atoms with E-state index in [4.69, 9.17) is 0 Å². The molecule has 20 heavy (non-hydrogen) atoms. The van der Waals surface area contributed by atoms with Crippen LogP contribution in [0.1, 0.15) is 46.5 Å². The van der Waals surface area contributed by atoms with Gasteiger partial charge in [0.1, 0.15) is 0 Å². The molecule has 3 N–H and O–H groups in total. The lowest BCUT2D eigenvalue weighted by Gasteiger charge is -2.23. The van der Waals surface area contributed by atoms with E-state index in [0.717, 1.165) is 25.8 Å². The number of hydrogen-bond acceptors (Lipinski definition) is 4. The summed E-state index contributed by atoms with van der Waals surface area (Å²) in [4.78, 5) is 11.6. The van der Waals surface area contributed by atoms with Crippen molar-refractivity contribution in [3.8, 4) is 0 Å². The summed E-state index contributed by atoms with van der Waals surface area (Å²) in [5, 5.41) is 6.04. The van der Waals surface area contributed by atoms with E-state index in [2.05, 4.69) is 15.4 Å². The summed E-state index contributed by atoms with van der Waals surface area (Å²) in [7, 11) is -3.38. The fraction of sp³-hybridized carbons (Fsp3) is 0.923. The van der Waals surface area contributed by atoms with E-state index in [1.807, 2.05) is 20.8 Å². The summed E-state index contributed by atoms with van der Waals surface area (Å²) in [6.07, 6.45) is 3.93. The molecule has 1 heterocycles. The molecule has 1 saturated heterocycles. The molecule has 7 heteroatoms. The highest BCUT2D eigenvalue weighted by atomic mass is 32.2. The predicted molar refractivity (Wildman–Crippen MR) is 79.9 cm³/mol. The molecule has 0 saturated carbocycles. The summed E-state index contributed by atoms with van der Waals surface area (Å²) in [6.45, 7) is 6.33. The van der Waals surface area contributed by atoms with Crippen molar-refractivity contribution >= 4 is 15.9 Å². The molecule has 1 aliphatic rings. The Labute approximate surface area is 122 Å². The third-order valence-electron chi connectivity index (χ3n) is 3.11. The molecule has 0 bridgehead atoms. The van der Waals surface area contributed by atoms with Gasteiger partial charge in [-0.1, -0.05) is 6.42 Å². The van der Waals surface area contributed by atoms with Crippen molar-refractivity contribution in [2.45, 2.75) is 58.0 Å². The highest BCUT2D eigenvalue weighted by molar-refractivity contribution is 7.89. The van der Waals surface area contributed by atoms with Gasteiger partial charge in [-0.3, -0.25) is 4.79 Å². The van der Waals surface area contributed by atoms with E-state index in [0.29, 0.717) is 6.42 Å². The van der Waals surface area contributed by atoms with Crippen LogP contribution >= 0.6 is 0 Å². The molecular formula is C13H27N3O3S. The Morgan fingerprint density at radius 1 is 1.30 bits per heavy atom. The summed E-state index contributed by atoms with van der Waals surface area (Å²) >= 11 is 0. The molecule has 0 aromatic heterocycles. The number of sulfonamides is 1. The molecule has 1 rings (SSSR count). The van der Waals surface area contributed by atoms with Gasteiger partial charge in [0.25, 0.3) is 0 Å². The predicted octanol–water partition coefficient (Wildman–Crippen LogP) is 0.353. The van der Waals surface area contributed by atoms with Crippen molar-refractivity contribution < 1.29 is 13.2 Å². The monoisotopic (exact) mass is 305 g/mol. The molecule has 0 aromatic carbocycles. The Morgan fingerprint density at radius 3 is 2.55 bits per heavy atom. The van der Waals surface area contributed by atoms with E-state index in [-0.39, 0.29) is 29.8 Å². The minimum atomic E-state index is -3.38. The number of hydrogen-bond donors (Lipinski definition) is 3. The van der Waals surface area contributed by atoms with Gasteiger partial charge in [0.2, 0.25) is 15.9 Å². The molecule has 118 valence electrons. The van der Waals surface area contributed by atoms with Gasteiger partial charge in [-0.2, -0.15) is 0 Å². The highest BCUT2D eigenvalue weighted by Crippen LogP contribution is 2.10. The standard InChI is InChI=1S/C13H27N3O3S/c1-13(2,3)16-12(17)10-15-20(18,19)9-7-11-6-4-5-8-14-11/h11,14-15H,4-10H2,1-3H3,(H,16,17). The molecule has 1 amide bonds. The first-order valence-corrected chi connectivity index (χ1v) is 8.85. The van der Waals surface area contributed by atoms with Crippen LogP contribution < -0.4 is 15.4 Å². The van der Waals surface area contributed by atoms with E-state index in [1.165, 1.54) is 0 Å². The smallest absolute Gasteiger partial charge is 0.235 e. The maximum absolute atomic E-state index is 11.8. The van der Waals surface area contributed by atoms with E-state index in [9.17, 15) is 13.2 Å². The van der Waals surface area contributed by atoms with Crippen LogP contribution in [0.5, 0.6) is 0 Å². The van der Waals surface area contributed by atoms with E-state index >= 15 is 0 Å². The van der Waals surface area contributed by atoms with Crippen LogP contribution in [0.25, 0.3) is 0 Å². The molecule has 0 aliphatic carbocycles. The van der Waals surface area contributed by atoms with Crippen molar-refractivity contribution in [1.29, 1.82) is 0 Å². The van der Waals surface area contributed by atoms with Gasteiger partial charge >= 0.3 is 0 Å². The number of carbonyl (C=O) groups excluding carboxylic acids is 1. The van der Waals surface area contributed by atoms with Gasteiger partial charge in [0, 0.05) is 11.6 Å². The van der Waals surface area contributed by atoms with Gasteiger partial charge in [0.15, 0.2) is 0 Å². The molecular weight excluding hydrogens is 278 g/mol. The largest absolute Gasteiger partial charge is 0.350 e. The number of rotatable bonds is 6. The lowest BCUT2D eigenvalue weighted by atomic mass is 10.0. The second-order valence-electron chi connectivity index (χ2n) is 6.37. The first-order chi connectivity index (χ1) is 9.18. The fourth-order valence-electron chi connectivity index (χ4n) is 2.18. The van der Waals surface area contributed by atoms with E-state index in [1.54, 1.807) is 0 Å². The van der Waals surface area contributed by atoms with Gasteiger partial charge in [-0.05, 0) is 46.6 Å². The zero-order valence-corrected chi connectivity index (χ0v) is 13.5. The second kappa shape index (κ2) is 7.38. The second-order valence-corrected chi connectivity index (χ2v) is 8.30. The maximum atomic E-state index is 11.8. The molecule has 1 aliphatic heterocycles. The SMILES string of the molecule is CC(C)(C)NC(=O)CNS(=O)(=O)CCC1CCCCN1. The Hall–Kier alpha value is -0.660. The normalized spacial score (nSPS) is 20.6. The highest BCUT2D eigenvalue weighted by Gasteiger charge is 2.19. The minimum Gasteiger partial charge on any atom is -0.350 e. The summed E-state index contributed by atoms with van der Waals surface area (Å²) in [5.41, 5.74) is -0.353. The Balaban J connectivity index is 2.28. The number of nitrogens with one attached hydrogen (secondary N) is 3. The van der Waals surface area contributed by atoms with Gasteiger partial charge in [-0.15, -0.1) is 0 Å². The average molecular weight is 305 g/mol. The van der Waals surface area contributed by atoms with Crippen molar-refractivity contribution in [3.63, 3.8) is 0 Å². The third kappa shape index (κ3) is 7.81. The molecule has 0 aromatic rings. The molecule has 1 unspecified atom stereocenters. The first kappa shape index (κ1) is 17.4. The van der Waals surface area contributed by atoms with Crippen LogP contribution in [0.15, 0.2) is 0 Å². The Kier molecular flexibility index (Phi) is 6.42. The lowest BCUT2D eigenvalue weighted by Crippen LogP contribution is -2.46. The quantitative estimate of drug-likeness (QED) is 0.661. The molecule has 1 fully saturated rings. The zero-order chi connectivity index (χ0) is 15.2. The van der Waals surface area contributed by atoms with Crippen molar-refractivity contribution in [3.05, 3.63) is 0 Å². The Morgan fingerprint density at radius 2 is 2.00 bits per heavy atom. The van der Waals surface area contributed by atoms with E-state index < -0.39 is 10.0 Å². The number of piperidine rings is 1. The first-order valence-electron chi connectivity index (χ1n) is 7.20. The molecule has 1 atom stereocenters. The van der Waals surface area contributed by atoms with Crippen molar-refractivity contribution in [2.75, 3.05) is 18.8 Å². The topological polar surface area (TPSA) is 87.3 Å². The summed E-state index contributed by atoms with van der Waals surface area (Å²) < 4.78 is 26.0. The molecule has 6 nitrogen and oxygen atoms in total. The number of carbonyl (C=O) groups is 1. The van der Waals surface area contributed by atoms with Gasteiger partial charge in [-0.25, -0.2) is 13.1 Å². The van der Waals surface area contributed by atoms with Crippen LogP contribution in [-0.4, -0.2) is 44.7 Å². The summed E-state index contributed by atoms with van der Waals surface area (Å²) in [6, 6.07) is 0.281. The maximum Gasteiger partial charge on any atom is 0.235 e. The zero-order valence-electron chi connectivity index (χ0n) is 12.7. The van der Waals surface area contributed by atoms with Crippen LogP contribution in [0.2, 0.25) is 0 Å². The minimum absolute atomic E-state index is 0.0630. The average Bonchev–Trinajstić information content (AvgIpc) is 2.34. The Bertz CT molecular complexity index is 409. The van der Waals surface area contributed by atoms with Crippen LogP contribution in [0.3, 0.4) is 0 Å². The number of amides is 1. The fourth-order valence-corrected chi connectivity index (χ4v) is 3.27. The van der Waals surface area contributed by atoms with Crippen molar-refractivity contribution in [2.24, 2.45) is 0 Å². The van der Waals surface area contributed by atoms with Crippen molar-refractivity contribution in [1.82, 2.24) is 15.4 Å². The summed E-state index contributed by atoms with van der Waals surface area (Å²) in [5.74, 6) is -0.245. The third-order valence-corrected chi connectivity index (χ3v) is 4.47. The van der Waals surface area contributed by atoms with Gasteiger partial charge in [0.05, 0.1) is 12.3 Å². The van der Waals surface area contributed by atoms with Gasteiger partial charge < -0.3 is 10.6 Å². The lowest BCUT2D eigenvalue weighted by molar-refractivity contribution is -0.121.